The van der Waals surface area contributed by atoms with Crippen LogP contribution in [-0.4, -0.2) is 81.5 Å². The number of hydrogen-bond acceptors (Lipinski definition) is 7. The highest BCUT2D eigenvalue weighted by atomic mass is 32.1. The third-order valence-electron chi connectivity index (χ3n) is 6.32. The highest BCUT2D eigenvalue weighted by Crippen LogP contribution is 2.17. The molecule has 0 aliphatic rings. The first-order valence-corrected chi connectivity index (χ1v) is 14.0. The number of benzene rings is 2. The van der Waals surface area contributed by atoms with Crippen molar-refractivity contribution < 1.29 is 44.1 Å². The van der Waals surface area contributed by atoms with Crippen LogP contribution in [-0.2, 0) is 30.4 Å². The van der Waals surface area contributed by atoms with Crippen molar-refractivity contribution in [2.24, 2.45) is 0 Å². The first kappa shape index (κ1) is 33.9. The second-order valence-corrected chi connectivity index (χ2v) is 10.0. The van der Waals surface area contributed by atoms with E-state index in [1.165, 1.54) is 0 Å². The Kier molecular flexibility index (Phi) is 14.1. The van der Waals surface area contributed by atoms with Crippen LogP contribution in [0.2, 0.25) is 0 Å². The van der Waals surface area contributed by atoms with E-state index in [0.29, 0.717) is 18.6 Å². The molecule has 42 heavy (non-hydrogen) atoms. The lowest BCUT2D eigenvalue weighted by atomic mass is 10.0. The summed E-state index contributed by atoms with van der Waals surface area (Å²) in [4.78, 5) is 70.9. The Morgan fingerprint density at radius 3 is 2.00 bits per heavy atom. The molecule has 0 heterocycles. The number of carboxylic acids is 3. The molecule has 14 heteroatoms. The molecule has 2 rings (SSSR count). The van der Waals surface area contributed by atoms with Crippen molar-refractivity contribution in [3.8, 4) is 0 Å². The quantitative estimate of drug-likeness (QED) is 0.0915. The Hall–Kier alpha value is -4.33. The highest BCUT2D eigenvalue weighted by molar-refractivity contribution is 7.80. The molecule has 2 aromatic rings. The number of thiol groups is 1. The topological polar surface area (TPSA) is 211 Å². The molecule has 0 bridgehead atoms. The van der Waals surface area contributed by atoms with Gasteiger partial charge in [-0.15, -0.1) is 0 Å². The standard InChI is InChI=1S/C28H36N4O9S/c33-23(12-14-42)30-22(16-17-8-9-18-5-1-2-6-19(18)15-17)25(36)29-13-4-3-7-20(26(37)38)31-28(41)32-21(27(39)40)10-11-24(34)35/h1-2,5-6,8-9,15,20-22,42H,3-4,7,10-14,16H2,(H,29,36)(H,30,33)(H,34,35)(H,37,38)(H,39,40)(H2,31,32,41)/t20-,21-,22-/m0/s1. The molecule has 0 fully saturated rings. The van der Waals surface area contributed by atoms with E-state index in [1.807, 2.05) is 42.5 Å². The van der Waals surface area contributed by atoms with Gasteiger partial charge in [0.15, 0.2) is 0 Å². The normalized spacial score (nSPS) is 12.9. The van der Waals surface area contributed by atoms with E-state index < -0.39 is 54.4 Å². The van der Waals surface area contributed by atoms with E-state index in [-0.39, 0.29) is 38.1 Å². The minimum absolute atomic E-state index is 0.00924. The number of carbonyl (C=O) groups excluding carboxylic acids is 3. The monoisotopic (exact) mass is 604 g/mol. The van der Waals surface area contributed by atoms with Crippen LogP contribution in [0.3, 0.4) is 0 Å². The van der Waals surface area contributed by atoms with Gasteiger partial charge in [0.2, 0.25) is 11.8 Å². The number of carbonyl (C=O) groups is 6. The van der Waals surface area contributed by atoms with Crippen molar-refractivity contribution in [2.75, 3.05) is 12.3 Å². The SMILES string of the molecule is O=C(O)CC[C@H](NC(=O)N[C@@H](CCCCNC(=O)[C@H](Cc1ccc2ccccc2c1)NC(=O)CCS)C(=O)O)C(=O)O. The number of hydrogen-bond donors (Lipinski definition) is 8. The van der Waals surface area contributed by atoms with Crippen molar-refractivity contribution >= 4 is 59.2 Å². The van der Waals surface area contributed by atoms with Gasteiger partial charge < -0.3 is 36.6 Å². The van der Waals surface area contributed by atoms with E-state index in [2.05, 4.69) is 33.9 Å². The van der Waals surface area contributed by atoms with Crippen LogP contribution in [0.4, 0.5) is 4.79 Å². The van der Waals surface area contributed by atoms with E-state index in [1.54, 1.807) is 0 Å². The van der Waals surface area contributed by atoms with Crippen LogP contribution in [0.5, 0.6) is 0 Å². The van der Waals surface area contributed by atoms with Crippen molar-refractivity contribution in [1.29, 1.82) is 0 Å². The van der Waals surface area contributed by atoms with Crippen molar-refractivity contribution in [2.45, 2.75) is 63.1 Å². The fraction of sp³-hybridized carbons (Fsp3) is 0.429. The predicted octanol–water partition coefficient (Wildman–Crippen LogP) is 1.54. The van der Waals surface area contributed by atoms with Gasteiger partial charge in [-0.2, -0.15) is 12.6 Å². The van der Waals surface area contributed by atoms with Crippen LogP contribution in [0.25, 0.3) is 10.8 Å². The minimum atomic E-state index is -1.50. The van der Waals surface area contributed by atoms with Gasteiger partial charge in [-0.1, -0.05) is 42.5 Å². The van der Waals surface area contributed by atoms with Gasteiger partial charge in [0.05, 0.1) is 0 Å². The first-order chi connectivity index (χ1) is 20.0. The summed E-state index contributed by atoms with van der Waals surface area (Å²) in [5.41, 5.74) is 0.863. The molecule has 4 amide bonds. The van der Waals surface area contributed by atoms with Crippen molar-refractivity contribution in [3.63, 3.8) is 0 Å². The summed E-state index contributed by atoms with van der Waals surface area (Å²) in [5.74, 6) is -4.41. The fourth-order valence-corrected chi connectivity index (χ4v) is 4.33. The number of amides is 4. The maximum atomic E-state index is 13.0. The third kappa shape index (κ3) is 12.0. The molecule has 7 N–H and O–H groups in total. The Balaban J connectivity index is 1.88. The van der Waals surface area contributed by atoms with Crippen LogP contribution >= 0.6 is 12.6 Å². The number of nitrogens with one attached hydrogen (secondary N) is 4. The molecule has 0 aliphatic carbocycles. The first-order valence-electron chi connectivity index (χ1n) is 13.4. The highest BCUT2D eigenvalue weighted by Gasteiger charge is 2.25. The number of carboxylic acid groups (broad SMARTS) is 3. The molecule has 0 unspecified atom stereocenters. The lowest BCUT2D eigenvalue weighted by molar-refractivity contribution is -0.141. The summed E-state index contributed by atoms with van der Waals surface area (Å²) in [6, 6.07) is 8.85. The molecule has 228 valence electrons. The largest absolute Gasteiger partial charge is 0.481 e. The van der Waals surface area contributed by atoms with Gasteiger partial charge in [0.25, 0.3) is 0 Å². The Labute approximate surface area is 247 Å². The van der Waals surface area contributed by atoms with Crippen molar-refractivity contribution in [3.05, 3.63) is 48.0 Å². The Bertz CT molecular complexity index is 1270. The Morgan fingerprint density at radius 2 is 1.38 bits per heavy atom. The van der Waals surface area contributed by atoms with E-state index in [4.69, 9.17) is 10.2 Å². The molecule has 0 spiro atoms. The molecule has 2 aromatic carbocycles. The second kappa shape index (κ2) is 17.5. The van der Waals surface area contributed by atoms with Gasteiger partial charge in [0, 0.05) is 25.8 Å². The predicted molar refractivity (Wildman–Crippen MR) is 156 cm³/mol. The molecule has 3 atom stereocenters. The maximum absolute atomic E-state index is 13.0. The summed E-state index contributed by atoms with van der Waals surface area (Å²) < 4.78 is 0. The van der Waals surface area contributed by atoms with Crippen LogP contribution < -0.4 is 21.3 Å². The third-order valence-corrected chi connectivity index (χ3v) is 6.54. The lowest BCUT2D eigenvalue weighted by Crippen LogP contribution is -2.51. The zero-order valence-electron chi connectivity index (χ0n) is 22.9. The van der Waals surface area contributed by atoms with Crippen molar-refractivity contribution in [1.82, 2.24) is 21.3 Å². The zero-order valence-corrected chi connectivity index (χ0v) is 23.8. The number of fused-ring (bicyclic) bond motifs is 1. The molecule has 0 saturated heterocycles. The van der Waals surface area contributed by atoms with Crippen LogP contribution in [0, 0.1) is 0 Å². The lowest BCUT2D eigenvalue weighted by Gasteiger charge is -2.20. The molecule has 0 aromatic heterocycles. The van der Waals surface area contributed by atoms with Crippen LogP contribution in [0.15, 0.2) is 42.5 Å². The molecule has 13 nitrogen and oxygen atoms in total. The average molecular weight is 605 g/mol. The van der Waals surface area contributed by atoms with Gasteiger partial charge in [-0.05, 0) is 47.8 Å². The molecule has 0 saturated carbocycles. The second-order valence-electron chi connectivity index (χ2n) is 9.60. The van der Waals surface area contributed by atoms with E-state index in [9.17, 15) is 33.9 Å². The van der Waals surface area contributed by atoms with Gasteiger partial charge in [-0.3, -0.25) is 14.4 Å². The average Bonchev–Trinajstić information content (AvgIpc) is 2.93. The fourth-order valence-electron chi connectivity index (χ4n) is 4.13. The maximum Gasteiger partial charge on any atom is 0.326 e. The molecular formula is C28H36N4O9S. The van der Waals surface area contributed by atoms with Crippen LogP contribution in [0.1, 0.15) is 44.1 Å². The van der Waals surface area contributed by atoms with E-state index >= 15 is 0 Å². The minimum Gasteiger partial charge on any atom is -0.481 e. The number of urea groups is 1. The summed E-state index contributed by atoms with van der Waals surface area (Å²) in [5, 5.41) is 39.1. The number of unbranched alkanes of at least 4 members (excludes halogenated alkanes) is 1. The Morgan fingerprint density at radius 1 is 0.738 bits per heavy atom. The smallest absolute Gasteiger partial charge is 0.326 e. The summed E-state index contributed by atoms with van der Waals surface area (Å²) in [7, 11) is 0. The zero-order chi connectivity index (χ0) is 31.1. The molecule has 0 radical (unpaired) electrons. The van der Waals surface area contributed by atoms with Gasteiger partial charge in [-0.25, -0.2) is 14.4 Å². The molecule has 0 aliphatic heterocycles. The summed E-state index contributed by atoms with van der Waals surface area (Å²) in [6.07, 6.45) is 0.195. The van der Waals surface area contributed by atoms with Gasteiger partial charge in [0.1, 0.15) is 18.1 Å². The van der Waals surface area contributed by atoms with Gasteiger partial charge >= 0.3 is 23.9 Å². The number of rotatable bonds is 18. The number of aliphatic carboxylic acids is 3. The molecular weight excluding hydrogens is 568 g/mol. The van der Waals surface area contributed by atoms with E-state index in [0.717, 1.165) is 16.3 Å². The summed E-state index contributed by atoms with van der Waals surface area (Å²) in [6.45, 7) is 0.185. The summed E-state index contributed by atoms with van der Waals surface area (Å²) >= 11 is 4.07.